The van der Waals surface area contributed by atoms with Gasteiger partial charge in [-0.05, 0) is 40.5 Å². The van der Waals surface area contributed by atoms with E-state index in [0.717, 1.165) is 10.0 Å². The van der Waals surface area contributed by atoms with Gasteiger partial charge >= 0.3 is 0 Å². The van der Waals surface area contributed by atoms with E-state index in [-0.39, 0.29) is 12.5 Å². The molecular weight excluding hydrogens is 246 g/mol. The van der Waals surface area contributed by atoms with Crippen LogP contribution < -0.4 is 10.1 Å². The number of likely N-dealkylation sites (N-methyl/N-ethyl adjacent to an activating group) is 1. The molecule has 0 aliphatic carbocycles. The van der Waals surface area contributed by atoms with E-state index >= 15 is 0 Å². The Morgan fingerprint density at radius 3 is 2.93 bits per heavy atom. The van der Waals surface area contributed by atoms with Crippen LogP contribution >= 0.6 is 15.9 Å². The van der Waals surface area contributed by atoms with Crippen LogP contribution in [0.15, 0.2) is 22.7 Å². The summed E-state index contributed by atoms with van der Waals surface area (Å²) in [4.78, 5) is 10.9. The van der Waals surface area contributed by atoms with Crippen molar-refractivity contribution in [3.05, 3.63) is 28.2 Å². The largest absolute Gasteiger partial charge is 0.483 e. The highest BCUT2D eigenvalue weighted by Crippen LogP contribution is 2.25. The summed E-state index contributed by atoms with van der Waals surface area (Å²) in [5.74, 6) is 0.548. The third kappa shape index (κ3) is 3.03. The fourth-order valence-electron chi connectivity index (χ4n) is 0.937. The maximum Gasteiger partial charge on any atom is 0.257 e. The van der Waals surface area contributed by atoms with Gasteiger partial charge in [0.1, 0.15) is 5.75 Å². The normalized spacial score (nSPS) is 9.64. The molecule has 0 unspecified atom stereocenters. The third-order valence-electron chi connectivity index (χ3n) is 1.72. The fraction of sp³-hybridized carbons (Fsp3) is 0.300. The summed E-state index contributed by atoms with van der Waals surface area (Å²) in [5.41, 5.74) is 1.10. The van der Waals surface area contributed by atoms with E-state index in [1.807, 2.05) is 25.1 Å². The highest BCUT2D eigenvalue weighted by atomic mass is 79.9. The number of carbonyl (C=O) groups is 1. The molecule has 0 bridgehead atoms. The lowest BCUT2D eigenvalue weighted by atomic mass is 10.2. The van der Waals surface area contributed by atoms with E-state index < -0.39 is 0 Å². The van der Waals surface area contributed by atoms with E-state index in [4.69, 9.17) is 4.74 Å². The smallest absolute Gasteiger partial charge is 0.257 e. The summed E-state index contributed by atoms with van der Waals surface area (Å²) in [6.45, 7) is 2.01. The molecule has 1 amide bonds. The van der Waals surface area contributed by atoms with Crippen molar-refractivity contribution in [1.82, 2.24) is 5.32 Å². The Labute approximate surface area is 91.6 Å². The lowest BCUT2D eigenvalue weighted by molar-refractivity contribution is -0.122. The zero-order valence-corrected chi connectivity index (χ0v) is 9.72. The molecule has 0 spiro atoms. The minimum atomic E-state index is -0.140. The molecule has 1 aromatic carbocycles. The Morgan fingerprint density at radius 2 is 2.29 bits per heavy atom. The van der Waals surface area contributed by atoms with Crippen LogP contribution in [0.1, 0.15) is 5.56 Å². The molecule has 0 heterocycles. The van der Waals surface area contributed by atoms with Crippen molar-refractivity contribution in [3.8, 4) is 5.75 Å². The quantitative estimate of drug-likeness (QED) is 0.898. The van der Waals surface area contributed by atoms with Crippen LogP contribution in [-0.2, 0) is 4.79 Å². The standard InChI is InChI=1S/C10H12BrNO2/c1-7-3-4-8(11)9(5-7)14-6-10(13)12-2/h3-5H,6H2,1-2H3,(H,12,13). The molecule has 76 valence electrons. The number of hydrogen-bond acceptors (Lipinski definition) is 2. The SMILES string of the molecule is CNC(=O)COc1cc(C)ccc1Br. The van der Waals surface area contributed by atoms with Gasteiger partial charge in [-0.15, -0.1) is 0 Å². The Hall–Kier alpha value is -1.03. The minimum absolute atomic E-state index is 0.0402. The lowest BCUT2D eigenvalue weighted by Gasteiger charge is -2.07. The van der Waals surface area contributed by atoms with E-state index in [1.165, 1.54) is 0 Å². The molecule has 0 saturated carbocycles. The zero-order chi connectivity index (χ0) is 10.6. The molecule has 1 N–H and O–H groups in total. The van der Waals surface area contributed by atoms with Gasteiger partial charge in [-0.25, -0.2) is 0 Å². The van der Waals surface area contributed by atoms with Gasteiger partial charge in [0, 0.05) is 7.05 Å². The number of aryl methyl sites for hydroxylation is 1. The maximum atomic E-state index is 10.9. The average Bonchev–Trinajstić information content (AvgIpc) is 2.19. The van der Waals surface area contributed by atoms with Crippen molar-refractivity contribution >= 4 is 21.8 Å². The number of halogens is 1. The highest BCUT2D eigenvalue weighted by Gasteiger charge is 2.03. The van der Waals surface area contributed by atoms with Gasteiger partial charge in [0.2, 0.25) is 0 Å². The Kier molecular flexibility index (Phi) is 3.95. The number of nitrogens with one attached hydrogen (secondary N) is 1. The molecule has 4 heteroatoms. The molecule has 0 aromatic heterocycles. The van der Waals surface area contributed by atoms with E-state index in [2.05, 4.69) is 21.2 Å². The number of benzene rings is 1. The van der Waals surface area contributed by atoms with Gasteiger partial charge in [0.05, 0.1) is 4.47 Å². The Morgan fingerprint density at radius 1 is 1.57 bits per heavy atom. The summed E-state index contributed by atoms with van der Waals surface area (Å²) in [7, 11) is 1.58. The number of hydrogen-bond donors (Lipinski definition) is 1. The van der Waals surface area contributed by atoms with Gasteiger partial charge in [-0.2, -0.15) is 0 Å². The average molecular weight is 258 g/mol. The predicted molar refractivity (Wildman–Crippen MR) is 58.4 cm³/mol. The Bertz CT molecular complexity index is 339. The lowest BCUT2D eigenvalue weighted by Crippen LogP contribution is -2.24. The molecule has 0 fully saturated rings. The van der Waals surface area contributed by atoms with Crippen LogP contribution in [0.5, 0.6) is 5.75 Å². The first-order valence-electron chi connectivity index (χ1n) is 4.23. The second-order valence-electron chi connectivity index (χ2n) is 2.90. The van der Waals surface area contributed by atoms with E-state index in [1.54, 1.807) is 7.05 Å². The predicted octanol–water partition coefficient (Wildman–Crippen LogP) is 1.88. The summed E-state index contributed by atoms with van der Waals surface area (Å²) >= 11 is 3.35. The van der Waals surface area contributed by atoms with Crippen LogP contribution in [0.2, 0.25) is 0 Å². The van der Waals surface area contributed by atoms with E-state index in [9.17, 15) is 4.79 Å². The number of ether oxygens (including phenoxy) is 1. The molecule has 0 saturated heterocycles. The summed E-state index contributed by atoms with van der Waals surface area (Å²) in [6.07, 6.45) is 0. The Balaban J connectivity index is 2.66. The summed E-state index contributed by atoms with van der Waals surface area (Å²) in [6, 6.07) is 5.75. The second-order valence-corrected chi connectivity index (χ2v) is 3.75. The van der Waals surface area contributed by atoms with E-state index in [0.29, 0.717) is 5.75 Å². The van der Waals surface area contributed by atoms with Crippen molar-refractivity contribution in [2.45, 2.75) is 6.92 Å². The van der Waals surface area contributed by atoms with Gasteiger partial charge in [-0.1, -0.05) is 6.07 Å². The van der Waals surface area contributed by atoms with Gasteiger partial charge in [-0.3, -0.25) is 4.79 Å². The van der Waals surface area contributed by atoms with Crippen LogP contribution in [0.25, 0.3) is 0 Å². The van der Waals surface area contributed by atoms with Crippen molar-refractivity contribution in [1.29, 1.82) is 0 Å². The van der Waals surface area contributed by atoms with Crippen molar-refractivity contribution < 1.29 is 9.53 Å². The third-order valence-corrected chi connectivity index (χ3v) is 2.38. The molecule has 0 aliphatic heterocycles. The summed E-state index contributed by atoms with van der Waals surface area (Å²) in [5, 5.41) is 2.49. The van der Waals surface area contributed by atoms with Crippen LogP contribution in [0.4, 0.5) is 0 Å². The first-order valence-corrected chi connectivity index (χ1v) is 5.02. The number of rotatable bonds is 3. The number of carbonyl (C=O) groups excluding carboxylic acids is 1. The molecule has 3 nitrogen and oxygen atoms in total. The molecule has 14 heavy (non-hydrogen) atoms. The van der Waals surface area contributed by atoms with Gasteiger partial charge < -0.3 is 10.1 Å². The maximum absolute atomic E-state index is 10.9. The monoisotopic (exact) mass is 257 g/mol. The topological polar surface area (TPSA) is 38.3 Å². The highest BCUT2D eigenvalue weighted by molar-refractivity contribution is 9.10. The van der Waals surface area contributed by atoms with Crippen LogP contribution in [-0.4, -0.2) is 19.6 Å². The fourth-order valence-corrected chi connectivity index (χ4v) is 1.30. The zero-order valence-electron chi connectivity index (χ0n) is 8.13. The van der Waals surface area contributed by atoms with Gasteiger partial charge in [0.15, 0.2) is 6.61 Å². The molecule has 1 rings (SSSR count). The first kappa shape index (κ1) is 11.0. The molecule has 1 aromatic rings. The van der Waals surface area contributed by atoms with Crippen LogP contribution in [0, 0.1) is 6.92 Å². The first-order chi connectivity index (χ1) is 6.63. The summed E-state index contributed by atoms with van der Waals surface area (Å²) < 4.78 is 6.17. The van der Waals surface area contributed by atoms with Gasteiger partial charge in [0.25, 0.3) is 5.91 Å². The van der Waals surface area contributed by atoms with Crippen molar-refractivity contribution in [3.63, 3.8) is 0 Å². The molecule has 0 atom stereocenters. The molecule has 0 radical (unpaired) electrons. The van der Waals surface area contributed by atoms with Crippen molar-refractivity contribution in [2.24, 2.45) is 0 Å². The second kappa shape index (κ2) is 5.00. The van der Waals surface area contributed by atoms with Crippen molar-refractivity contribution in [2.75, 3.05) is 13.7 Å². The molecule has 0 aliphatic rings. The molecular formula is C10H12BrNO2. The minimum Gasteiger partial charge on any atom is -0.483 e. The van der Waals surface area contributed by atoms with Crippen LogP contribution in [0.3, 0.4) is 0 Å². The number of amides is 1.